The van der Waals surface area contributed by atoms with Crippen LogP contribution in [0.2, 0.25) is 5.02 Å². The summed E-state index contributed by atoms with van der Waals surface area (Å²) in [5.74, 6) is -1.25. The van der Waals surface area contributed by atoms with Crippen LogP contribution in [0, 0.1) is 0 Å². The predicted molar refractivity (Wildman–Crippen MR) is 84.5 cm³/mol. The Morgan fingerprint density at radius 3 is 2.59 bits per heavy atom. The van der Waals surface area contributed by atoms with Crippen molar-refractivity contribution in [3.05, 3.63) is 70.4 Å². The second-order valence-corrected chi connectivity index (χ2v) is 5.37. The van der Waals surface area contributed by atoms with Gasteiger partial charge in [-0.25, -0.2) is 0 Å². The summed E-state index contributed by atoms with van der Waals surface area (Å²) in [7, 11) is 0. The molecule has 2 aromatic carbocycles. The zero-order valence-corrected chi connectivity index (χ0v) is 12.2. The number of carboxylic acid groups (broad SMARTS) is 1. The van der Waals surface area contributed by atoms with Crippen molar-refractivity contribution in [3.8, 4) is 0 Å². The smallest absolute Gasteiger partial charge is 0.307 e. The third kappa shape index (κ3) is 2.61. The Bertz CT molecular complexity index is 882. The highest BCUT2D eigenvalue weighted by Gasteiger charge is 2.20. The normalized spacial score (nSPS) is 10.8. The number of rotatable bonds is 4. The molecular formula is C17H12ClNO3. The first-order valence-electron chi connectivity index (χ1n) is 6.68. The van der Waals surface area contributed by atoms with E-state index in [1.807, 2.05) is 18.2 Å². The summed E-state index contributed by atoms with van der Waals surface area (Å²) in [6.07, 6.45) is -0.217. The van der Waals surface area contributed by atoms with Crippen molar-refractivity contribution in [1.82, 2.24) is 4.98 Å². The molecule has 3 rings (SSSR count). The van der Waals surface area contributed by atoms with Crippen LogP contribution in [0.15, 0.2) is 48.5 Å². The highest BCUT2D eigenvalue weighted by Crippen LogP contribution is 2.25. The molecule has 0 aliphatic carbocycles. The molecule has 1 aromatic heterocycles. The van der Waals surface area contributed by atoms with E-state index in [0.29, 0.717) is 21.8 Å². The standard InChI is InChI=1S/C17H12ClNO3/c18-11-5-3-4-10(8-11)17(22)16-13(9-15(20)21)12-6-1-2-7-14(12)19-16/h1-8,19H,9H2,(H,20,21). The number of benzene rings is 2. The number of aromatic amines is 1. The first-order chi connectivity index (χ1) is 10.6. The Morgan fingerprint density at radius 2 is 1.86 bits per heavy atom. The number of hydrogen-bond donors (Lipinski definition) is 2. The number of fused-ring (bicyclic) bond motifs is 1. The summed E-state index contributed by atoms with van der Waals surface area (Å²) in [6.45, 7) is 0. The zero-order chi connectivity index (χ0) is 15.7. The molecule has 0 amide bonds. The number of ketones is 1. The lowest BCUT2D eigenvalue weighted by Crippen LogP contribution is -2.08. The van der Waals surface area contributed by atoms with Crippen LogP contribution in [0.3, 0.4) is 0 Å². The van der Waals surface area contributed by atoms with Gasteiger partial charge in [0.05, 0.1) is 12.1 Å². The summed E-state index contributed by atoms with van der Waals surface area (Å²) >= 11 is 5.92. The minimum absolute atomic E-state index is 0.217. The van der Waals surface area contributed by atoms with Gasteiger partial charge in [-0.2, -0.15) is 0 Å². The van der Waals surface area contributed by atoms with Gasteiger partial charge in [-0.1, -0.05) is 41.9 Å². The lowest BCUT2D eigenvalue weighted by molar-refractivity contribution is -0.136. The Balaban J connectivity index is 2.17. The first-order valence-corrected chi connectivity index (χ1v) is 7.05. The Hall–Kier alpha value is -2.59. The number of aliphatic carboxylic acids is 1. The maximum atomic E-state index is 12.7. The molecule has 1 heterocycles. The van der Waals surface area contributed by atoms with Gasteiger partial charge >= 0.3 is 5.97 Å². The molecule has 0 radical (unpaired) electrons. The van der Waals surface area contributed by atoms with Crippen molar-refractivity contribution in [2.45, 2.75) is 6.42 Å². The third-order valence-electron chi connectivity index (χ3n) is 3.46. The van der Waals surface area contributed by atoms with Gasteiger partial charge in [0, 0.05) is 27.1 Å². The maximum absolute atomic E-state index is 12.7. The molecule has 5 heteroatoms. The summed E-state index contributed by atoms with van der Waals surface area (Å²) in [5.41, 5.74) is 1.95. The largest absolute Gasteiger partial charge is 0.481 e. The van der Waals surface area contributed by atoms with Crippen LogP contribution < -0.4 is 0 Å². The highest BCUT2D eigenvalue weighted by molar-refractivity contribution is 6.31. The average Bonchev–Trinajstić information content (AvgIpc) is 2.85. The number of aromatic nitrogens is 1. The van der Waals surface area contributed by atoms with Gasteiger partial charge in [0.25, 0.3) is 0 Å². The Labute approximate surface area is 131 Å². The minimum Gasteiger partial charge on any atom is -0.481 e. The van der Waals surface area contributed by atoms with E-state index in [0.717, 1.165) is 10.9 Å². The number of nitrogens with one attached hydrogen (secondary N) is 1. The van der Waals surface area contributed by atoms with Crippen LogP contribution in [0.25, 0.3) is 10.9 Å². The summed E-state index contributed by atoms with van der Waals surface area (Å²) in [6, 6.07) is 13.9. The molecule has 2 N–H and O–H groups in total. The molecule has 0 fully saturated rings. The van der Waals surface area contributed by atoms with Crippen molar-refractivity contribution < 1.29 is 14.7 Å². The van der Waals surface area contributed by atoms with E-state index in [1.165, 1.54) is 0 Å². The van der Waals surface area contributed by atoms with E-state index in [4.69, 9.17) is 16.7 Å². The fourth-order valence-corrected chi connectivity index (χ4v) is 2.69. The van der Waals surface area contributed by atoms with Gasteiger partial charge in [0.2, 0.25) is 5.78 Å². The van der Waals surface area contributed by atoms with Crippen LogP contribution in [0.4, 0.5) is 0 Å². The van der Waals surface area contributed by atoms with Crippen LogP contribution in [0.5, 0.6) is 0 Å². The van der Waals surface area contributed by atoms with Crippen molar-refractivity contribution in [2.75, 3.05) is 0 Å². The number of carboxylic acids is 1. The lowest BCUT2D eigenvalue weighted by Gasteiger charge is -2.03. The molecule has 0 spiro atoms. The molecule has 0 bridgehead atoms. The van der Waals surface area contributed by atoms with Crippen molar-refractivity contribution in [3.63, 3.8) is 0 Å². The molecule has 0 unspecified atom stereocenters. The van der Waals surface area contributed by atoms with Crippen LogP contribution in [-0.2, 0) is 11.2 Å². The van der Waals surface area contributed by atoms with Gasteiger partial charge in [0.15, 0.2) is 0 Å². The molecule has 0 aliphatic rings. The first kappa shape index (κ1) is 14.4. The Morgan fingerprint density at radius 1 is 1.09 bits per heavy atom. The van der Waals surface area contributed by atoms with Gasteiger partial charge in [-0.15, -0.1) is 0 Å². The molecule has 0 atom stereocenters. The lowest BCUT2D eigenvalue weighted by atomic mass is 10.0. The third-order valence-corrected chi connectivity index (χ3v) is 3.69. The van der Waals surface area contributed by atoms with E-state index < -0.39 is 5.97 Å². The average molecular weight is 314 g/mol. The van der Waals surface area contributed by atoms with Crippen molar-refractivity contribution in [2.24, 2.45) is 0 Å². The van der Waals surface area contributed by atoms with E-state index >= 15 is 0 Å². The highest BCUT2D eigenvalue weighted by atomic mass is 35.5. The molecule has 110 valence electrons. The maximum Gasteiger partial charge on any atom is 0.307 e. The number of H-pyrrole nitrogens is 1. The number of hydrogen-bond acceptors (Lipinski definition) is 2. The second kappa shape index (κ2) is 5.66. The molecule has 0 saturated carbocycles. The number of para-hydroxylation sites is 1. The second-order valence-electron chi connectivity index (χ2n) is 4.93. The number of carbonyl (C=O) groups excluding carboxylic acids is 1. The number of carbonyl (C=O) groups is 2. The molecular weight excluding hydrogens is 302 g/mol. The molecule has 0 saturated heterocycles. The quantitative estimate of drug-likeness (QED) is 0.722. The topological polar surface area (TPSA) is 70.2 Å². The van der Waals surface area contributed by atoms with Crippen LogP contribution in [0.1, 0.15) is 21.6 Å². The Kier molecular flexibility index (Phi) is 3.69. The van der Waals surface area contributed by atoms with Crippen molar-refractivity contribution >= 4 is 34.3 Å². The fourth-order valence-electron chi connectivity index (χ4n) is 2.50. The van der Waals surface area contributed by atoms with E-state index in [1.54, 1.807) is 30.3 Å². The monoisotopic (exact) mass is 313 g/mol. The van der Waals surface area contributed by atoms with E-state index in [-0.39, 0.29) is 12.2 Å². The zero-order valence-electron chi connectivity index (χ0n) is 11.5. The van der Waals surface area contributed by atoms with Gasteiger partial charge in [-0.3, -0.25) is 9.59 Å². The van der Waals surface area contributed by atoms with Crippen molar-refractivity contribution in [1.29, 1.82) is 0 Å². The van der Waals surface area contributed by atoms with Gasteiger partial charge in [-0.05, 0) is 18.2 Å². The molecule has 3 aromatic rings. The predicted octanol–water partition coefficient (Wildman–Crippen LogP) is 3.68. The molecule has 22 heavy (non-hydrogen) atoms. The SMILES string of the molecule is O=C(O)Cc1c(C(=O)c2cccc(Cl)c2)[nH]c2ccccc12. The molecule has 4 nitrogen and oxygen atoms in total. The minimum atomic E-state index is -0.982. The number of halogens is 1. The summed E-state index contributed by atoms with van der Waals surface area (Å²) < 4.78 is 0. The van der Waals surface area contributed by atoms with E-state index in [2.05, 4.69) is 4.98 Å². The van der Waals surface area contributed by atoms with Gasteiger partial charge < -0.3 is 10.1 Å². The van der Waals surface area contributed by atoms with Gasteiger partial charge in [0.1, 0.15) is 0 Å². The van der Waals surface area contributed by atoms with E-state index in [9.17, 15) is 9.59 Å². The summed E-state index contributed by atoms with van der Waals surface area (Å²) in [4.78, 5) is 26.8. The van der Waals surface area contributed by atoms with Crippen LogP contribution >= 0.6 is 11.6 Å². The molecule has 0 aliphatic heterocycles. The van der Waals surface area contributed by atoms with Crippen LogP contribution in [-0.4, -0.2) is 21.8 Å². The summed E-state index contributed by atoms with van der Waals surface area (Å²) in [5, 5.41) is 10.3. The fraction of sp³-hybridized carbons (Fsp3) is 0.0588.